The monoisotopic (exact) mass is 312 g/mol. The number of anilines is 1. The van der Waals surface area contributed by atoms with Crippen molar-refractivity contribution in [1.82, 2.24) is 4.31 Å². The molecule has 0 aromatic heterocycles. The number of benzene rings is 1. The van der Waals surface area contributed by atoms with Gasteiger partial charge < -0.3 is 10.0 Å². The Balaban J connectivity index is 2.34. The number of aliphatic hydroxyl groups is 1. The van der Waals surface area contributed by atoms with E-state index in [0.717, 1.165) is 11.3 Å². The van der Waals surface area contributed by atoms with E-state index < -0.39 is 10.0 Å². The summed E-state index contributed by atoms with van der Waals surface area (Å²) in [5.41, 5.74) is 1.50. The van der Waals surface area contributed by atoms with Crippen LogP contribution in [0.25, 0.3) is 0 Å². The maximum atomic E-state index is 12.6. The highest BCUT2D eigenvalue weighted by Gasteiger charge is 2.28. The molecule has 1 amide bonds. The fraction of sp³-hybridized carbons (Fsp3) is 0.500. The average molecular weight is 312 g/mol. The smallest absolute Gasteiger partial charge is 0.243 e. The standard InChI is InChI=1S/C14H20N2O4S/c1-3-16(7-4-8-17)21(19,20)12-5-6-13-11(9-12)10-14(18)15(13)2/h5-6,9,17H,3-4,7-8,10H2,1-2H3. The molecule has 6 nitrogen and oxygen atoms in total. The first-order valence-corrected chi connectivity index (χ1v) is 8.36. The van der Waals surface area contributed by atoms with Gasteiger partial charge >= 0.3 is 0 Å². The van der Waals surface area contributed by atoms with E-state index in [0.29, 0.717) is 13.0 Å². The van der Waals surface area contributed by atoms with Crippen molar-refractivity contribution in [2.24, 2.45) is 0 Å². The number of fused-ring (bicyclic) bond motifs is 1. The molecule has 0 unspecified atom stereocenters. The number of aliphatic hydroxyl groups excluding tert-OH is 1. The quantitative estimate of drug-likeness (QED) is 0.834. The lowest BCUT2D eigenvalue weighted by atomic mass is 10.2. The van der Waals surface area contributed by atoms with Crippen LogP contribution in [0.3, 0.4) is 0 Å². The van der Waals surface area contributed by atoms with Crippen LogP contribution in [0.4, 0.5) is 5.69 Å². The van der Waals surface area contributed by atoms with Crippen molar-refractivity contribution in [3.63, 3.8) is 0 Å². The van der Waals surface area contributed by atoms with Gasteiger partial charge in [0, 0.05) is 32.4 Å². The molecule has 0 bridgehead atoms. The maximum Gasteiger partial charge on any atom is 0.243 e. The zero-order chi connectivity index (χ0) is 15.6. The first kappa shape index (κ1) is 15.9. The number of carbonyl (C=O) groups excluding carboxylic acids is 1. The molecule has 1 heterocycles. The molecule has 7 heteroatoms. The first-order valence-electron chi connectivity index (χ1n) is 6.92. The Morgan fingerprint density at radius 1 is 1.38 bits per heavy atom. The Hall–Kier alpha value is -1.44. The lowest BCUT2D eigenvalue weighted by Crippen LogP contribution is -2.32. The summed E-state index contributed by atoms with van der Waals surface area (Å²) >= 11 is 0. The van der Waals surface area contributed by atoms with Crippen molar-refractivity contribution in [2.45, 2.75) is 24.7 Å². The van der Waals surface area contributed by atoms with Crippen LogP contribution in [0.1, 0.15) is 18.9 Å². The maximum absolute atomic E-state index is 12.6. The van der Waals surface area contributed by atoms with Gasteiger partial charge in [0.1, 0.15) is 0 Å². The van der Waals surface area contributed by atoms with Crippen LogP contribution >= 0.6 is 0 Å². The van der Waals surface area contributed by atoms with E-state index in [1.165, 1.54) is 15.3 Å². The molecule has 0 fully saturated rings. The fourth-order valence-electron chi connectivity index (χ4n) is 2.45. The normalized spacial score (nSPS) is 14.9. The third-order valence-electron chi connectivity index (χ3n) is 3.68. The summed E-state index contributed by atoms with van der Waals surface area (Å²) in [5, 5.41) is 8.87. The summed E-state index contributed by atoms with van der Waals surface area (Å²) < 4.78 is 26.5. The van der Waals surface area contributed by atoms with Crippen LogP contribution in [0, 0.1) is 0 Å². The molecule has 0 radical (unpaired) electrons. The van der Waals surface area contributed by atoms with Crippen molar-refractivity contribution in [3.05, 3.63) is 23.8 Å². The average Bonchev–Trinajstić information content (AvgIpc) is 2.74. The van der Waals surface area contributed by atoms with Crippen LogP contribution in [0.5, 0.6) is 0 Å². The van der Waals surface area contributed by atoms with Gasteiger partial charge in [0.25, 0.3) is 0 Å². The predicted molar refractivity (Wildman–Crippen MR) is 79.7 cm³/mol. The molecule has 21 heavy (non-hydrogen) atoms. The number of nitrogens with zero attached hydrogens (tertiary/aromatic N) is 2. The Morgan fingerprint density at radius 3 is 2.71 bits per heavy atom. The van der Waals surface area contributed by atoms with Crippen LogP contribution in [0.2, 0.25) is 0 Å². The minimum absolute atomic E-state index is 0.0350. The van der Waals surface area contributed by atoms with Gasteiger partial charge in [-0.05, 0) is 30.2 Å². The van der Waals surface area contributed by atoms with Gasteiger partial charge in [0.2, 0.25) is 15.9 Å². The van der Waals surface area contributed by atoms with E-state index in [9.17, 15) is 13.2 Å². The number of hydrogen-bond acceptors (Lipinski definition) is 4. The van der Waals surface area contributed by atoms with Crippen molar-refractivity contribution in [3.8, 4) is 0 Å². The number of carbonyl (C=O) groups is 1. The van der Waals surface area contributed by atoms with E-state index >= 15 is 0 Å². The third kappa shape index (κ3) is 2.95. The minimum atomic E-state index is -3.59. The van der Waals surface area contributed by atoms with Crippen LogP contribution in [-0.4, -0.2) is 50.5 Å². The molecule has 0 saturated carbocycles. The van der Waals surface area contributed by atoms with E-state index in [1.807, 2.05) is 0 Å². The Morgan fingerprint density at radius 2 is 2.10 bits per heavy atom. The zero-order valence-corrected chi connectivity index (χ0v) is 13.1. The molecule has 1 aromatic rings. The minimum Gasteiger partial charge on any atom is -0.396 e. The molecule has 2 rings (SSSR count). The zero-order valence-electron chi connectivity index (χ0n) is 12.2. The number of sulfonamides is 1. The summed E-state index contributed by atoms with van der Waals surface area (Å²) in [5.74, 6) is -0.0350. The van der Waals surface area contributed by atoms with Gasteiger partial charge in [-0.3, -0.25) is 4.79 Å². The molecular weight excluding hydrogens is 292 g/mol. The molecule has 1 aliphatic rings. The number of likely N-dealkylation sites (N-methyl/N-ethyl adjacent to an activating group) is 1. The summed E-state index contributed by atoms with van der Waals surface area (Å²) in [4.78, 5) is 13.4. The van der Waals surface area contributed by atoms with E-state index in [2.05, 4.69) is 0 Å². The molecule has 1 aliphatic heterocycles. The molecular formula is C14H20N2O4S. The van der Waals surface area contributed by atoms with Crippen LogP contribution < -0.4 is 4.90 Å². The molecule has 116 valence electrons. The third-order valence-corrected chi connectivity index (χ3v) is 5.65. The van der Waals surface area contributed by atoms with Crippen LogP contribution in [-0.2, 0) is 21.2 Å². The highest BCUT2D eigenvalue weighted by atomic mass is 32.2. The largest absolute Gasteiger partial charge is 0.396 e. The van der Waals surface area contributed by atoms with E-state index in [1.54, 1.807) is 26.1 Å². The second kappa shape index (κ2) is 6.13. The van der Waals surface area contributed by atoms with Gasteiger partial charge in [0.15, 0.2) is 0 Å². The predicted octanol–water partition coefficient (Wildman–Crippen LogP) is 0.599. The molecule has 0 spiro atoms. The number of hydrogen-bond donors (Lipinski definition) is 1. The number of rotatable bonds is 6. The summed E-state index contributed by atoms with van der Waals surface area (Å²) in [6.45, 7) is 2.35. The molecule has 0 saturated heterocycles. The second-order valence-corrected chi connectivity index (χ2v) is 6.93. The topological polar surface area (TPSA) is 77.9 Å². The first-order chi connectivity index (χ1) is 9.91. The summed E-state index contributed by atoms with van der Waals surface area (Å²) in [7, 11) is -1.91. The Kier molecular flexibility index (Phi) is 4.65. The van der Waals surface area contributed by atoms with Crippen molar-refractivity contribution >= 4 is 21.6 Å². The van der Waals surface area contributed by atoms with Crippen molar-refractivity contribution in [1.29, 1.82) is 0 Å². The SMILES string of the molecule is CCN(CCCO)S(=O)(=O)c1ccc2c(c1)CC(=O)N2C. The lowest BCUT2D eigenvalue weighted by molar-refractivity contribution is -0.117. The molecule has 1 N–H and O–H groups in total. The Labute approximate surface area is 125 Å². The van der Waals surface area contributed by atoms with Crippen LogP contribution in [0.15, 0.2) is 23.1 Å². The lowest BCUT2D eigenvalue weighted by Gasteiger charge is -2.20. The second-order valence-electron chi connectivity index (χ2n) is 4.99. The molecule has 1 aromatic carbocycles. The van der Waals surface area contributed by atoms with Gasteiger partial charge in [-0.25, -0.2) is 8.42 Å². The van der Waals surface area contributed by atoms with E-state index in [4.69, 9.17) is 5.11 Å². The summed E-state index contributed by atoms with van der Waals surface area (Å²) in [6.07, 6.45) is 0.636. The van der Waals surface area contributed by atoms with Gasteiger partial charge in [-0.2, -0.15) is 4.31 Å². The molecule has 0 aliphatic carbocycles. The molecule has 0 atom stereocenters. The fourth-order valence-corrected chi connectivity index (χ4v) is 3.99. The van der Waals surface area contributed by atoms with Crippen molar-refractivity contribution in [2.75, 3.05) is 31.6 Å². The van der Waals surface area contributed by atoms with Gasteiger partial charge in [-0.15, -0.1) is 0 Å². The highest BCUT2D eigenvalue weighted by Crippen LogP contribution is 2.30. The van der Waals surface area contributed by atoms with Gasteiger partial charge in [-0.1, -0.05) is 6.92 Å². The van der Waals surface area contributed by atoms with E-state index in [-0.39, 0.29) is 30.4 Å². The van der Waals surface area contributed by atoms with Crippen molar-refractivity contribution < 1.29 is 18.3 Å². The number of amides is 1. The highest BCUT2D eigenvalue weighted by molar-refractivity contribution is 7.89. The van der Waals surface area contributed by atoms with Gasteiger partial charge in [0.05, 0.1) is 11.3 Å². The summed E-state index contributed by atoms with van der Waals surface area (Å²) in [6, 6.07) is 4.78. The Bertz CT molecular complexity index is 642.